The molecule has 0 saturated heterocycles. The number of para-hydroxylation sites is 2. The molecule has 262 valence electrons. The molecular weight excluding hydrogens is 685 g/mol. The molecule has 0 amide bonds. The Hall–Kier alpha value is -7.56. The number of furan rings is 2. The molecule has 0 unspecified atom stereocenters. The van der Waals surface area contributed by atoms with Crippen LogP contribution >= 0.6 is 0 Å². The average Bonchev–Trinajstić information content (AvgIpc) is 3.86. The van der Waals surface area contributed by atoms with Crippen molar-refractivity contribution in [1.82, 2.24) is 9.97 Å². The predicted molar refractivity (Wildman–Crippen MR) is 229 cm³/mol. The molecule has 4 heteroatoms. The molecule has 3 aromatic heterocycles. The van der Waals surface area contributed by atoms with E-state index in [1.807, 2.05) is 54.6 Å². The standard InChI is InChI=1S/C52H32N2O2/c1-3-14-33(15-4-1)37-18-7-8-19-41(37)52-53-44(35-16-5-2-6-17-35)32-45(54-52)36-28-26-34(27-29-36)38-30-31-40(50-43-21-10-12-24-47(43)56-51(38)50)39-22-13-25-48-49(39)42-20-9-11-23-46(42)55-48/h1-32H. The van der Waals surface area contributed by atoms with Crippen molar-refractivity contribution in [3.8, 4) is 67.3 Å². The minimum absolute atomic E-state index is 0.685. The third-order valence-electron chi connectivity index (χ3n) is 10.8. The quantitative estimate of drug-likeness (QED) is 0.172. The van der Waals surface area contributed by atoms with Crippen LogP contribution in [0.4, 0.5) is 0 Å². The smallest absolute Gasteiger partial charge is 0.161 e. The number of fused-ring (bicyclic) bond motifs is 6. The highest BCUT2D eigenvalue weighted by molar-refractivity contribution is 6.21. The SMILES string of the molecule is c1ccc(-c2cc(-c3ccc(-c4ccc(-c5cccc6oc7ccccc7c56)c5c4oc4ccccc45)cc3)nc(-c3ccccc3-c3ccccc3)n2)cc1. The molecular formula is C52H32N2O2. The minimum Gasteiger partial charge on any atom is -0.456 e. The van der Waals surface area contributed by atoms with E-state index in [1.165, 1.54) is 0 Å². The molecule has 0 fully saturated rings. The second-order valence-corrected chi connectivity index (χ2v) is 14.1. The first-order valence-electron chi connectivity index (χ1n) is 18.8. The van der Waals surface area contributed by atoms with Crippen molar-refractivity contribution in [2.75, 3.05) is 0 Å². The van der Waals surface area contributed by atoms with Gasteiger partial charge in [0.05, 0.1) is 11.4 Å². The summed E-state index contributed by atoms with van der Waals surface area (Å²) in [6, 6.07) is 67.1. The molecule has 0 spiro atoms. The van der Waals surface area contributed by atoms with Crippen LogP contribution in [0.15, 0.2) is 203 Å². The summed E-state index contributed by atoms with van der Waals surface area (Å²) >= 11 is 0. The van der Waals surface area contributed by atoms with Crippen LogP contribution in [0.25, 0.3) is 111 Å². The Kier molecular flexibility index (Phi) is 7.46. The van der Waals surface area contributed by atoms with Crippen LogP contribution in [0, 0.1) is 0 Å². The van der Waals surface area contributed by atoms with Gasteiger partial charge in [0, 0.05) is 43.8 Å². The van der Waals surface area contributed by atoms with Gasteiger partial charge in [-0.15, -0.1) is 0 Å². The number of hydrogen-bond donors (Lipinski definition) is 0. The van der Waals surface area contributed by atoms with Crippen molar-refractivity contribution in [3.63, 3.8) is 0 Å². The lowest BCUT2D eigenvalue weighted by molar-refractivity contribution is 0.668. The van der Waals surface area contributed by atoms with Crippen LogP contribution in [0.5, 0.6) is 0 Å². The highest BCUT2D eigenvalue weighted by Gasteiger charge is 2.21. The van der Waals surface area contributed by atoms with Crippen LogP contribution < -0.4 is 0 Å². The maximum absolute atomic E-state index is 6.73. The maximum Gasteiger partial charge on any atom is 0.161 e. The Morgan fingerprint density at radius 1 is 0.304 bits per heavy atom. The molecule has 0 bridgehead atoms. The summed E-state index contributed by atoms with van der Waals surface area (Å²) < 4.78 is 13.0. The largest absolute Gasteiger partial charge is 0.456 e. The first-order chi connectivity index (χ1) is 27.8. The summed E-state index contributed by atoms with van der Waals surface area (Å²) in [6.45, 7) is 0. The fourth-order valence-corrected chi connectivity index (χ4v) is 8.12. The predicted octanol–water partition coefficient (Wildman–Crippen LogP) is 14.3. The maximum atomic E-state index is 6.73. The molecule has 8 aromatic carbocycles. The molecule has 0 aliphatic carbocycles. The zero-order valence-electron chi connectivity index (χ0n) is 30.2. The topological polar surface area (TPSA) is 52.1 Å². The van der Waals surface area contributed by atoms with Gasteiger partial charge in [-0.25, -0.2) is 9.97 Å². The second-order valence-electron chi connectivity index (χ2n) is 14.1. The van der Waals surface area contributed by atoms with Crippen molar-refractivity contribution in [2.24, 2.45) is 0 Å². The Morgan fingerprint density at radius 3 is 1.52 bits per heavy atom. The summed E-state index contributed by atoms with van der Waals surface area (Å²) in [5, 5.41) is 4.38. The van der Waals surface area contributed by atoms with E-state index in [2.05, 4.69) is 140 Å². The molecule has 0 aliphatic heterocycles. The van der Waals surface area contributed by atoms with E-state index >= 15 is 0 Å². The lowest BCUT2D eigenvalue weighted by atomic mass is 9.92. The first kappa shape index (κ1) is 31.9. The van der Waals surface area contributed by atoms with E-state index < -0.39 is 0 Å². The molecule has 0 atom stereocenters. The number of aromatic nitrogens is 2. The number of hydrogen-bond acceptors (Lipinski definition) is 4. The van der Waals surface area contributed by atoms with Crippen molar-refractivity contribution >= 4 is 43.9 Å². The van der Waals surface area contributed by atoms with Crippen LogP contribution in [0.3, 0.4) is 0 Å². The van der Waals surface area contributed by atoms with Gasteiger partial charge < -0.3 is 8.83 Å². The van der Waals surface area contributed by atoms with Crippen LogP contribution in [0.2, 0.25) is 0 Å². The fraction of sp³-hybridized carbons (Fsp3) is 0. The summed E-state index contributed by atoms with van der Waals surface area (Å²) in [7, 11) is 0. The molecule has 11 rings (SSSR count). The highest BCUT2D eigenvalue weighted by atomic mass is 16.3. The van der Waals surface area contributed by atoms with Crippen molar-refractivity contribution in [2.45, 2.75) is 0 Å². The number of rotatable bonds is 6. The molecule has 4 nitrogen and oxygen atoms in total. The van der Waals surface area contributed by atoms with Crippen molar-refractivity contribution in [1.29, 1.82) is 0 Å². The van der Waals surface area contributed by atoms with Gasteiger partial charge in [0.15, 0.2) is 5.82 Å². The highest BCUT2D eigenvalue weighted by Crippen LogP contribution is 2.45. The Bertz CT molecular complexity index is 3230. The monoisotopic (exact) mass is 716 g/mol. The Balaban J connectivity index is 1.05. The number of benzene rings is 8. The molecule has 0 saturated carbocycles. The molecule has 0 N–H and O–H groups in total. The van der Waals surface area contributed by atoms with Gasteiger partial charge in [0.25, 0.3) is 0 Å². The van der Waals surface area contributed by atoms with Gasteiger partial charge in [-0.3, -0.25) is 0 Å². The Labute approximate surface area is 323 Å². The van der Waals surface area contributed by atoms with Gasteiger partial charge in [0.1, 0.15) is 22.3 Å². The van der Waals surface area contributed by atoms with Crippen LogP contribution in [0.1, 0.15) is 0 Å². The van der Waals surface area contributed by atoms with E-state index in [9.17, 15) is 0 Å². The van der Waals surface area contributed by atoms with Gasteiger partial charge in [-0.05, 0) is 58.1 Å². The molecule has 0 aliphatic rings. The fourth-order valence-electron chi connectivity index (χ4n) is 8.12. The van der Waals surface area contributed by atoms with Gasteiger partial charge in [-0.2, -0.15) is 0 Å². The first-order valence-corrected chi connectivity index (χ1v) is 18.8. The van der Waals surface area contributed by atoms with Crippen LogP contribution in [-0.4, -0.2) is 9.97 Å². The molecule has 3 heterocycles. The Morgan fingerprint density at radius 2 is 0.786 bits per heavy atom. The second kappa shape index (κ2) is 13.1. The number of nitrogens with zero attached hydrogens (tertiary/aromatic N) is 2. The third-order valence-corrected chi connectivity index (χ3v) is 10.8. The summed E-state index contributed by atoms with van der Waals surface area (Å²) in [5.41, 5.74) is 14.8. The summed E-state index contributed by atoms with van der Waals surface area (Å²) in [5.74, 6) is 0.685. The van der Waals surface area contributed by atoms with Gasteiger partial charge >= 0.3 is 0 Å². The zero-order chi connectivity index (χ0) is 37.0. The van der Waals surface area contributed by atoms with E-state index in [0.717, 1.165) is 105 Å². The van der Waals surface area contributed by atoms with E-state index in [1.54, 1.807) is 0 Å². The normalized spacial score (nSPS) is 11.6. The van der Waals surface area contributed by atoms with Gasteiger partial charge in [0.2, 0.25) is 0 Å². The summed E-state index contributed by atoms with van der Waals surface area (Å²) in [4.78, 5) is 10.4. The lowest BCUT2D eigenvalue weighted by Crippen LogP contribution is -1.97. The van der Waals surface area contributed by atoms with Crippen molar-refractivity contribution in [3.05, 3.63) is 194 Å². The van der Waals surface area contributed by atoms with E-state index in [-0.39, 0.29) is 0 Å². The molecule has 56 heavy (non-hydrogen) atoms. The van der Waals surface area contributed by atoms with Crippen LogP contribution in [-0.2, 0) is 0 Å². The van der Waals surface area contributed by atoms with Crippen molar-refractivity contribution < 1.29 is 8.83 Å². The zero-order valence-corrected chi connectivity index (χ0v) is 30.2. The van der Waals surface area contributed by atoms with E-state index in [4.69, 9.17) is 18.8 Å². The summed E-state index contributed by atoms with van der Waals surface area (Å²) in [6.07, 6.45) is 0. The minimum atomic E-state index is 0.685. The molecule has 11 aromatic rings. The molecule has 0 radical (unpaired) electrons. The lowest BCUT2D eigenvalue weighted by Gasteiger charge is -2.13. The third kappa shape index (κ3) is 5.31. The average molecular weight is 717 g/mol. The van der Waals surface area contributed by atoms with Gasteiger partial charge in [-0.1, -0.05) is 164 Å². The van der Waals surface area contributed by atoms with E-state index in [0.29, 0.717) is 5.82 Å².